The van der Waals surface area contributed by atoms with Crippen molar-refractivity contribution in [2.75, 3.05) is 24.6 Å². The molecule has 0 bridgehead atoms. The quantitative estimate of drug-likeness (QED) is 0.769. The molecule has 1 saturated carbocycles. The molecule has 1 unspecified atom stereocenters. The number of nitrogens with zero attached hydrogens (tertiary/aromatic N) is 1. The third kappa shape index (κ3) is 1.89. The molecule has 1 atom stereocenters. The van der Waals surface area contributed by atoms with Gasteiger partial charge in [0, 0.05) is 30.9 Å². The van der Waals surface area contributed by atoms with Crippen molar-refractivity contribution in [3.8, 4) is 0 Å². The summed E-state index contributed by atoms with van der Waals surface area (Å²) < 4.78 is 0. The van der Waals surface area contributed by atoms with Crippen LogP contribution in [0.25, 0.3) is 0 Å². The monoisotopic (exact) mass is 226 g/mol. The molecule has 2 aliphatic heterocycles. The van der Waals surface area contributed by atoms with Gasteiger partial charge in [0.05, 0.1) is 5.92 Å². The SMILES string of the molecule is O=C(C1CNC1)N(C1CC1)C1CCSC1. The van der Waals surface area contributed by atoms with Gasteiger partial charge in [-0.25, -0.2) is 0 Å². The summed E-state index contributed by atoms with van der Waals surface area (Å²) >= 11 is 2.00. The Hall–Kier alpha value is -0.220. The normalized spacial score (nSPS) is 31.3. The second-order valence-corrected chi connectivity index (χ2v) is 6.00. The van der Waals surface area contributed by atoms with Gasteiger partial charge in [-0.1, -0.05) is 0 Å². The molecule has 1 N–H and O–H groups in total. The maximum Gasteiger partial charge on any atom is 0.228 e. The van der Waals surface area contributed by atoms with Crippen LogP contribution >= 0.6 is 11.8 Å². The predicted molar refractivity (Wildman–Crippen MR) is 62.0 cm³/mol. The molecule has 2 saturated heterocycles. The summed E-state index contributed by atoms with van der Waals surface area (Å²) in [6, 6.07) is 1.15. The molecule has 1 aliphatic carbocycles. The number of carbonyl (C=O) groups is 1. The van der Waals surface area contributed by atoms with Gasteiger partial charge in [-0.3, -0.25) is 4.79 Å². The molecule has 4 heteroatoms. The van der Waals surface area contributed by atoms with Gasteiger partial charge in [0.1, 0.15) is 0 Å². The number of hydrogen-bond acceptors (Lipinski definition) is 3. The zero-order chi connectivity index (χ0) is 10.3. The smallest absolute Gasteiger partial charge is 0.228 e. The van der Waals surface area contributed by atoms with Gasteiger partial charge in [0.25, 0.3) is 0 Å². The van der Waals surface area contributed by atoms with Gasteiger partial charge in [-0.2, -0.15) is 11.8 Å². The Balaban J connectivity index is 1.68. The average Bonchev–Trinajstić information content (AvgIpc) is 2.78. The summed E-state index contributed by atoms with van der Waals surface area (Å²) in [6.07, 6.45) is 3.70. The van der Waals surface area contributed by atoms with E-state index in [1.165, 1.54) is 30.8 Å². The fraction of sp³-hybridized carbons (Fsp3) is 0.909. The summed E-state index contributed by atoms with van der Waals surface area (Å²) in [5.41, 5.74) is 0. The number of amides is 1. The van der Waals surface area contributed by atoms with Gasteiger partial charge >= 0.3 is 0 Å². The molecule has 0 aromatic heterocycles. The predicted octanol–water partition coefficient (Wildman–Crippen LogP) is 0.702. The average molecular weight is 226 g/mol. The van der Waals surface area contributed by atoms with Crippen molar-refractivity contribution < 1.29 is 4.79 Å². The Bertz CT molecular complexity index is 257. The minimum Gasteiger partial charge on any atom is -0.336 e. The van der Waals surface area contributed by atoms with Crippen molar-refractivity contribution in [3.63, 3.8) is 0 Å². The third-order valence-corrected chi connectivity index (χ3v) is 4.77. The third-order valence-electron chi connectivity index (χ3n) is 3.62. The lowest BCUT2D eigenvalue weighted by molar-refractivity contribution is -0.139. The second kappa shape index (κ2) is 3.98. The number of hydrogen-bond donors (Lipinski definition) is 1. The van der Waals surface area contributed by atoms with Gasteiger partial charge in [0.2, 0.25) is 5.91 Å². The molecule has 3 rings (SSSR count). The van der Waals surface area contributed by atoms with Crippen molar-refractivity contribution in [1.82, 2.24) is 10.2 Å². The van der Waals surface area contributed by atoms with Gasteiger partial charge in [-0.05, 0) is 25.0 Å². The Morgan fingerprint density at radius 1 is 1.20 bits per heavy atom. The van der Waals surface area contributed by atoms with Crippen molar-refractivity contribution in [3.05, 3.63) is 0 Å². The first-order valence-corrected chi connectivity index (χ1v) is 7.12. The molecule has 0 spiro atoms. The molecule has 3 aliphatic rings. The fourth-order valence-corrected chi connectivity index (χ4v) is 3.63. The van der Waals surface area contributed by atoms with Crippen LogP contribution < -0.4 is 5.32 Å². The molecule has 0 radical (unpaired) electrons. The Labute approximate surface area is 95.0 Å². The van der Waals surface area contributed by atoms with E-state index < -0.39 is 0 Å². The van der Waals surface area contributed by atoms with Crippen molar-refractivity contribution in [1.29, 1.82) is 0 Å². The maximum absolute atomic E-state index is 12.3. The van der Waals surface area contributed by atoms with E-state index in [-0.39, 0.29) is 5.92 Å². The molecule has 0 aromatic rings. The standard InChI is InChI=1S/C11H18N2OS/c14-11(8-5-12-6-8)13(9-1-2-9)10-3-4-15-7-10/h8-10,12H,1-7H2. The molecule has 3 fully saturated rings. The number of rotatable bonds is 3. The van der Waals surface area contributed by atoms with E-state index in [0.717, 1.165) is 13.1 Å². The zero-order valence-electron chi connectivity index (χ0n) is 8.95. The molecule has 15 heavy (non-hydrogen) atoms. The minimum atomic E-state index is 0.288. The van der Waals surface area contributed by atoms with Gasteiger partial charge < -0.3 is 10.2 Å². The molecule has 2 heterocycles. The largest absolute Gasteiger partial charge is 0.336 e. The van der Waals surface area contributed by atoms with Crippen LogP contribution in [0.4, 0.5) is 0 Å². The van der Waals surface area contributed by atoms with Crippen LogP contribution in [-0.4, -0.2) is 47.5 Å². The highest BCUT2D eigenvalue weighted by molar-refractivity contribution is 7.99. The lowest BCUT2D eigenvalue weighted by atomic mass is 10.0. The number of nitrogens with one attached hydrogen (secondary N) is 1. The van der Waals surface area contributed by atoms with Crippen molar-refractivity contribution in [2.45, 2.75) is 31.3 Å². The molecule has 1 amide bonds. The van der Waals surface area contributed by atoms with Crippen LogP contribution in [0.15, 0.2) is 0 Å². The highest BCUT2D eigenvalue weighted by Crippen LogP contribution is 2.35. The van der Waals surface area contributed by atoms with E-state index in [1.807, 2.05) is 11.8 Å². The van der Waals surface area contributed by atoms with Crippen molar-refractivity contribution in [2.24, 2.45) is 5.92 Å². The lowest BCUT2D eigenvalue weighted by Gasteiger charge is -2.36. The highest BCUT2D eigenvalue weighted by atomic mass is 32.2. The van der Waals surface area contributed by atoms with E-state index in [0.29, 0.717) is 18.0 Å². The molecular weight excluding hydrogens is 208 g/mol. The van der Waals surface area contributed by atoms with Crippen LogP contribution in [0.5, 0.6) is 0 Å². The first-order valence-electron chi connectivity index (χ1n) is 5.97. The van der Waals surface area contributed by atoms with Gasteiger partial charge in [0.15, 0.2) is 0 Å². The Morgan fingerprint density at radius 2 is 2.00 bits per heavy atom. The Kier molecular flexibility index (Phi) is 2.64. The molecule has 3 nitrogen and oxygen atoms in total. The second-order valence-electron chi connectivity index (χ2n) is 4.85. The summed E-state index contributed by atoms with van der Waals surface area (Å²) in [7, 11) is 0. The van der Waals surface area contributed by atoms with E-state index in [2.05, 4.69) is 10.2 Å². The van der Waals surface area contributed by atoms with E-state index in [1.54, 1.807) is 0 Å². The minimum absolute atomic E-state index is 0.288. The number of thioether (sulfide) groups is 1. The van der Waals surface area contributed by atoms with Crippen LogP contribution in [-0.2, 0) is 4.79 Å². The number of carbonyl (C=O) groups excluding carboxylic acids is 1. The fourth-order valence-electron chi connectivity index (χ4n) is 2.43. The van der Waals surface area contributed by atoms with Crippen LogP contribution in [0.2, 0.25) is 0 Å². The molecule has 0 aromatic carbocycles. The lowest BCUT2D eigenvalue weighted by Crippen LogP contribution is -2.55. The Morgan fingerprint density at radius 3 is 2.47 bits per heavy atom. The van der Waals surface area contributed by atoms with Crippen LogP contribution in [0, 0.1) is 5.92 Å². The maximum atomic E-state index is 12.3. The molecular formula is C11H18N2OS. The molecule has 84 valence electrons. The van der Waals surface area contributed by atoms with Crippen LogP contribution in [0.1, 0.15) is 19.3 Å². The van der Waals surface area contributed by atoms with E-state index in [9.17, 15) is 4.79 Å². The topological polar surface area (TPSA) is 32.3 Å². The zero-order valence-corrected chi connectivity index (χ0v) is 9.76. The first kappa shape index (κ1) is 9.97. The highest BCUT2D eigenvalue weighted by Gasteiger charge is 2.42. The van der Waals surface area contributed by atoms with Crippen LogP contribution in [0.3, 0.4) is 0 Å². The van der Waals surface area contributed by atoms with E-state index in [4.69, 9.17) is 0 Å². The van der Waals surface area contributed by atoms with Crippen molar-refractivity contribution >= 4 is 17.7 Å². The summed E-state index contributed by atoms with van der Waals surface area (Å²) in [5, 5.41) is 3.19. The van der Waals surface area contributed by atoms with Gasteiger partial charge in [-0.15, -0.1) is 0 Å². The summed E-state index contributed by atoms with van der Waals surface area (Å²) in [6.45, 7) is 1.81. The summed E-state index contributed by atoms with van der Waals surface area (Å²) in [5.74, 6) is 3.13. The summed E-state index contributed by atoms with van der Waals surface area (Å²) in [4.78, 5) is 14.5. The van der Waals surface area contributed by atoms with E-state index >= 15 is 0 Å². The first-order chi connectivity index (χ1) is 7.36.